The molecule has 3 rings (SSSR count). The van der Waals surface area contributed by atoms with Gasteiger partial charge in [-0.1, -0.05) is 6.92 Å². The van der Waals surface area contributed by atoms with Gasteiger partial charge in [0.25, 0.3) is 5.56 Å². The van der Waals surface area contributed by atoms with E-state index in [0.717, 1.165) is 32.9 Å². The number of nitrogens with one attached hydrogen (secondary N) is 1. The maximum atomic E-state index is 12.6. The molecule has 10 heteroatoms. The van der Waals surface area contributed by atoms with Gasteiger partial charge < -0.3 is 9.90 Å². The van der Waals surface area contributed by atoms with Gasteiger partial charge in [0, 0.05) is 41.7 Å². The number of hydrogen-bond acceptors (Lipinski definition) is 6. The number of hydrogen-bond donors (Lipinski definition) is 1. The van der Waals surface area contributed by atoms with Crippen LogP contribution in [0.1, 0.15) is 45.5 Å². The van der Waals surface area contributed by atoms with Crippen LogP contribution in [0.3, 0.4) is 0 Å². The third-order valence-corrected chi connectivity index (χ3v) is 5.73. The Hall–Kier alpha value is -1.68. The van der Waals surface area contributed by atoms with Gasteiger partial charge in [0.2, 0.25) is 0 Å². The molecule has 3 aromatic heterocycles. The minimum atomic E-state index is -1.41. The molecule has 0 saturated carbocycles. The van der Waals surface area contributed by atoms with Crippen molar-refractivity contribution in [3.8, 4) is 0 Å². The quantitative estimate of drug-likeness (QED) is 0.476. The van der Waals surface area contributed by atoms with Crippen molar-refractivity contribution in [2.45, 2.75) is 40.2 Å². The normalized spacial score (nSPS) is 11.0. The number of fused-ring (bicyclic) bond motifs is 1. The van der Waals surface area contributed by atoms with Crippen LogP contribution in [0, 0.1) is 13.8 Å². The molecule has 0 unspecified atom stereocenters. The largest absolute Gasteiger partial charge is 1.00 e. The summed E-state index contributed by atoms with van der Waals surface area (Å²) in [4.78, 5) is 37.8. The molecule has 0 aromatic carbocycles. The van der Waals surface area contributed by atoms with Gasteiger partial charge in [0.05, 0.1) is 17.0 Å². The van der Waals surface area contributed by atoms with Gasteiger partial charge in [-0.2, -0.15) is 5.10 Å². The number of carboxylic acids is 1. The number of aryl methyl sites for hydroxylation is 3. The molecule has 0 amide bonds. The minimum Gasteiger partial charge on any atom is -0.545 e. The molecule has 0 aliphatic rings. The van der Waals surface area contributed by atoms with Crippen LogP contribution in [0.15, 0.2) is 9.59 Å². The topological polar surface area (TPSA) is 113 Å². The Morgan fingerprint density at radius 3 is 2.48 bits per heavy atom. The molecule has 0 fully saturated rings. The molecule has 1 N–H and O–H groups in total. The Bertz CT molecular complexity index is 1120. The second-order valence-electron chi connectivity index (χ2n) is 6.26. The summed E-state index contributed by atoms with van der Waals surface area (Å²) >= 11 is 1.16. The number of nitrogens with zero attached hydrogens (tertiary/aromatic N) is 3. The summed E-state index contributed by atoms with van der Waals surface area (Å²) in [5, 5.41) is 18.9. The van der Waals surface area contributed by atoms with Gasteiger partial charge in [-0.25, -0.2) is 4.79 Å². The molecule has 3 heterocycles. The molecule has 0 radical (unpaired) electrons. The monoisotopic (exact) mass is 398 g/mol. The minimum absolute atomic E-state index is 0. The molecular weight excluding hydrogens is 379 g/mol. The van der Waals surface area contributed by atoms with Crippen molar-refractivity contribution in [1.82, 2.24) is 19.3 Å². The summed E-state index contributed by atoms with van der Waals surface area (Å²) in [5.41, 5.74) is 1.29. The van der Waals surface area contributed by atoms with E-state index in [9.17, 15) is 19.5 Å². The number of aromatic nitrogens is 4. The first-order valence-corrected chi connectivity index (χ1v) is 9.06. The van der Waals surface area contributed by atoms with Crippen molar-refractivity contribution < 1.29 is 39.5 Å². The number of carbonyl (C=O) groups excluding carboxylic acids is 1. The Labute approximate surface area is 181 Å². The molecule has 0 aliphatic carbocycles. The van der Waals surface area contributed by atoms with Gasteiger partial charge in [-0.3, -0.25) is 19.0 Å². The van der Waals surface area contributed by atoms with E-state index in [1.54, 1.807) is 0 Å². The summed E-state index contributed by atoms with van der Waals surface area (Å²) in [5.74, 6) is -1.41. The van der Waals surface area contributed by atoms with E-state index in [-0.39, 0.29) is 40.5 Å². The first-order valence-electron chi connectivity index (χ1n) is 8.24. The van der Waals surface area contributed by atoms with Crippen LogP contribution in [0.25, 0.3) is 10.2 Å². The Balaban J connectivity index is 0.00000261. The van der Waals surface area contributed by atoms with Crippen LogP contribution in [-0.2, 0) is 20.0 Å². The molecule has 0 saturated heterocycles. The maximum absolute atomic E-state index is 12.6. The van der Waals surface area contributed by atoms with Gasteiger partial charge in [-0.05, 0) is 20.3 Å². The number of aromatic carboxylic acids is 1. The van der Waals surface area contributed by atoms with Gasteiger partial charge in [-0.15, -0.1) is 11.3 Å². The summed E-state index contributed by atoms with van der Waals surface area (Å²) in [6.07, 6.45) is 0.987. The van der Waals surface area contributed by atoms with Gasteiger partial charge in [0.15, 0.2) is 0 Å². The van der Waals surface area contributed by atoms with Crippen molar-refractivity contribution in [3.63, 3.8) is 0 Å². The molecule has 0 spiro atoms. The Morgan fingerprint density at radius 2 is 1.96 bits per heavy atom. The third kappa shape index (κ3) is 3.56. The van der Waals surface area contributed by atoms with Crippen LogP contribution in [-0.4, -0.2) is 25.3 Å². The fraction of sp³-hybridized carbons (Fsp3) is 0.412. The van der Waals surface area contributed by atoms with Crippen LogP contribution < -0.4 is 45.9 Å². The van der Waals surface area contributed by atoms with Crippen molar-refractivity contribution in [3.05, 3.63) is 48.2 Å². The zero-order valence-electron chi connectivity index (χ0n) is 16.0. The zero-order chi connectivity index (χ0) is 19.2. The van der Waals surface area contributed by atoms with E-state index < -0.39 is 17.2 Å². The first-order chi connectivity index (χ1) is 12.3. The SMILES string of the molecule is CCCn1c(=O)n(C)c(=O)c2c(C(=O)[O-])c(Cc3c(C)n[nH]c3C)sc21.[Na+]. The molecule has 27 heavy (non-hydrogen) atoms. The fourth-order valence-electron chi connectivity index (χ4n) is 3.13. The van der Waals surface area contributed by atoms with E-state index in [1.807, 2.05) is 20.8 Å². The maximum Gasteiger partial charge on any atom is 1.00 e. The Kier molecular flexibility index (Phi) is 6.51. The van der Waals surface area contributed by atoms with Crippen LogP contribution >= 0.6 is 11.3 Å². The van der Waals surface area contributed by atoms with E-state index >= 15 is 0 Å². The molecule has 0 atom stereocenters. The summed E-state index contributed by atoms with van der Waals surface area (Å²) < 4.78 is 2.42. The molecule has 0 aliphatic heterocycles. The van der Waals surface area contributed by atoms with Gasteiger partial charge in [0.1, 0.15) is 4.83 Å². The standard InChI is InChI=1S/C17H20N4O4S.Na/c1-5-6-21-15-13(14(22)20(4)17(21)25)12(16(23)24)11(26-15)7-10-8(2)18-19-9(10)3;/h5-7H2,1-4H3,(H,18,19)(H,23,24);/q;+1/p-1. The molecule has 8 nitrogen and oxygen atoms in total. The van der Waals surface area contributed by atoms with Crippen LogP contribution in [0.4, 0.5) is 0 Å². The third-order valence-electron chi connectivity index (χ3n) is 4.51. The second kappa shape index (κ2) is 8.14. The predicted octanol–water partition coefficient (Wildman–Crippen LogP) is -2.53. The first kappa shape index (κ1) is 21.6. The summed E-state index contributed by atoms with van der Waals surface area (Å²) in [6, 6.07) is 0. The van der Waals surface area contributed by atoms with E-state index in [4.69, 9.17) is 0 Å². The Morgan fingerprint density at radius 1 is 1.30 bits per heavy atom. The second-order valence-corrected chi connectivity index (χ2v) is 7.34. The average Bonchev–Trinajstić information content (AvgIpc) is 3.12. The van der Waals surface area contributed by atoms with E-state index in [1.165, 1.54) is 11.6 Å². The zero-order valence-corrected chi connectivity index (χ0v) is 18.8. The number of carboxylic acid groups (broad SMARTS) is 1. The summed E-state index contributed by atoms with van der Waals surface area (Å²) in [7, 11) is 1.36. The van der Waals surface area contributed by atoms with Crippen molar-refractivity contribution >= 4 is 27.5 Å². The fourth-order valence-corrected chi connectivity index (χ4v) is 4.44. The van der Waals surface area contributed by atoms with Crippen molar-refractivity contribution in [2.24, 2.45) is 7.05 Å². The van der Waals surface area contributed by atoms with Crippen molar-refractivity contribution in [1.29, 1.82) is 0 Å². The molecule has 3 aromatic rings. The number of rotatable bonds is 5. The van der Waals surface area contributed by atoms with Crippen LogP contribution in [0.5, 0.6) is 0 Å². The summed E-state index contributed by atoms with van der Waals surface area (Å²) in [6.45, 7) is 6.00. The predicted molar refractivity (Wildman–Crippen MR) is 96.8 cm³/mol. The van der Waals surface area contributed by atoms with E-state index in [2.05, 4.69) is 10.2 Å². The van der Waals surface area contributed by atoms with Gasteiger partial charge >= 0.3 is 35.2 Å². The molecular formula is C17H19N4NaO4S. The van der Waals surface area contributed by atoms with Crippen LogP contribution in [0.2, 0.25) is 0 Å². The average molecular weight is 398 g/mol. The number of H-pyrrole nitrogens is 1. The molecule has 138 valence electrons. The number of carbonyl (C=O) groups is 1. The van der Waals surface area contributed by atoms with Crippen molar-refractivity contribution in [2.75, 3.05) is 0 Å². The smallest absolute Gasteiger partial charge is 0.545 e. The van der Waals surface area contributed by atoms with E-state index in [0.29, 0.717) is 29.1 Å². The number of thiophene rings is 1. The molecule has 0 bridgehead atoms. The number of aromatic amines is 1.